The van der Waals surface area contributed by atoms with Crippen LogP contribution in [0.5, 0.6) is 5.75 Å². The van der Waals surface area contributed by atoms with Gasteiger partial charge in [0.1, 0.15) is 12.4 Å². The number of hydrogen-bond donors (Lipinski definition) is 0. The van der Waals surface area contributed by atoms with E-state index in [1.165, 1.54) is 0 Å². The first-order valence-corrected chi connectivity index (χ1v) is 7.17. The summed E-state index contributed by atoms with van der Waals surface area (Å²) in [6, 6.07) is 17.1. The van der Waals surface area contributed by atoms with Crippen molar-refractivity contribution in [3.05, 3.63) is 54.1 Å². The monoisotopic (exact) mass is 293 g/mol. The third-order valence-corrected chi connectivity index (χ3v) is 3.41. The Labute approximate surface area is 131 Å². The van der Waals surface area contributed by atoms with E-state index in [0.29, 0.717) is 11.3 Å². The number of carbonyl (C=O) groups is 1. The summed E-state index contributed by atoms with van der Waals surface area (Å²) < 4.78 is 5.53. The van der Waals surface area contributed by atoms with Crippen LogP contribution in [0.1, 0.15) is 26.3 Å². The average Bonchev–Trinajstić information content (AvgIpc) is 2.52. The van der Waals surface area contributed by atoms with Crippen molar-refractivity contribution >= 4 is 5.78 Å². The molecule has 0 bridgehead atoms. The van der Waals surface area contributed by atoms with Gasteiger partial charge in [0.05, 0.1) is 11.6 Å². The molecule has 3 heteroatoms. The van der Waals surface area contributed by atoms with Gasteiger partial charge in [-0.15, -0.1) is 0 Å². The summed E-state index contributed by atoms with van der Waals surface area (Å²) in [6.07, 6.45) is 0. The van der Waals surface area contributed by atoms with Gasteiger partial charge in [0.2, 0.25) is 0 Å². The summed E-state index contributed by atoms with van der Waals surface area (Å²) in [5.74, 6) is 0.749. The van der Waals surface area contributed by atoms with E-state index in [0.717, 1.165) is 11.1 Å². The minimum Gasteiger partial charge on any atom is -0.486 e. The van der Waals surface area contributed by atoms with Crippen molar-refractivity contribution in [1.82, 2.24) is 0 Å². The average molecular weight is 293 g/mol. The van der Waals surface area contributed by atoms with Gasteiger partial charge in [-0.05, 0) is 35.4 Å². The molecule has 0 saturated carbocycles. The summed E-state index contributed by atoms with van der Waals surface area (Å²) in [6.45, 7) is 5.73. The Bertz CT molecular complexity index is 686. The molecule has 2 aromatic rings. The molecule has 112 valence electrons. The quantitative estimate of drug-likeness (QED) is 0.848. The molecular weight excluding hydrogens is 274 g/mol. The van der Waals surface area contributed by atoms with E-state index in [-0.39, 0.29) is 17.8 Å². The van der Waals surface area contributed by atoms with Crippen LogP contribution in [0.3, 0.4) is 0 Å². The van der Waals surface area contributed by atoms with Crippen LogP contribution in [0.4, 0.5) is 0 Å². The lowest BCUT2D eigenvalue weighted by molar-refractivity contribution is -0.128. The Morgan fingerprint density at radius 2 is 1.50 bits per heavy atom. The maximum atomic E-state index is 11.8. The Morgan fingerprint density at radius 3 is 1.95 bits per heavy atom. The first-order valence-electron chi connectivity index (χ1n) is 7.17. The SMILES string of the molecule is CC(C)(C)C(=O)COc1ccc(-c2ccc(C#N)cc2)cc1. The van der Waals surface area contributed by atoms with Crippen molar-refractivity contribution in [3.63, 3.8) is 0 Å². The van der Waals surface area contributed by atoms with Crippen LogP contribution in [0.15, 0.2) is 48.5 Å². The fourth-order valence-electron chi connectivity index (χ4n) is 1.85. The molecule has 0 saturated heterocycles. The molecule has 0 atom stereocenters. The zero-order chi connectivity index (χ0) is 16.2. The van der Waals surface area contributed by atoms with Crippen LogP contribution in [0.25, 0.3) is 11.1 Å². The molecule has 0 aliphatic rings. The minimum absolute atomic E-state index is 0.0728. The third kappa shape index (κ3) is 3.95. The van der Waals surface area contributed by atoms with Crippen LogP contribution in [-0.4, -0.2) is 12.4 Å². The van der Waals surface area contributed by atoms with Crippen molar-refractivity contribution in [1.29, 1.82) is 5.26 Å². The number of rotatable bonds is 4. The standard InChI is InChI=1S/C19H19NO2/c1-19(2,3)18(21)13-22-17-10-8-16(9-11-17)15-6-4-14(12-20)5-7-15/h4-11H,13H2,1-3H3. The van der Waals surface area contributed by atoms with Gasteiger partial charge in [-0.25, -0.2) is 0 Å². The van der Waals surface area contributed by atoms with E-state index >= 15 is 0 Å². The summed E-state index contributed by atoms with van der Waals surface area (Å²) in [5, 5.41) is 8.80. The highest BCUT2D eigenvalue weighted by Crippen LogP contribution is 2.23. The van der Waals surface area contributed by atoms with E-state index in [2.05, 4.69) is 6.07 Å². The van der Waals surface area contributed by atoms with E-state index in [1.807, 2.05) is 57.2 Å². The predicted octanol–water partition coefficient (Wildman–Crippen LogP) is 4.22. The topological polar surface area (TPSA) is 50.1 Å². The molecule has 2 aromatic carbocycles. The highest BCUT2D eigenvalue weighted by Gasteiger charge is 2.21. The van der Waals surface area contributed by atoms with Gasteiger partial charge < -0.3 is 4.74 Å². The number of benzene rings is 2. The first kappa shape index (κ1) is 15.8. The van der Waals surface area contributed by atoms with Crippen molar-refractivity contribution in [2.75, 3.05) is 6.61 Å². The van der Waals surface area contributed by atoms with Crippen LogP contribution in [0, 0.1) is 16.7 Å². The second-order valence-corrected chi connectivity index (χ2v) is 6.18. The van der Waals surface area contributed by atoms with Crippen molar-refractivity contribution in [2.45, 2.75) is 20.8 Å². The van der Waals surface area contributed by atoms with E-state index in [4.69, 9.17) is 10.00 Å². The minimum atomic E-state index is -0.386. The van der Waals surface area contributed by atoms with Gasteiger partial charge in [0, 0.05) is 5.41 Å². The van der Waals surface area contributed by atoms with E-state index in [1.54, 1.807) is 12.1 Å². The lowest BCUT2D eigenvalue weighted by atomic mass is 9.91. The van der Waals surface area contributed by atoms with Gasteiger partial charge >= 0.3 is 0 Å². The Balaban J connectivity index is 2.04. The number of ketones is 1. The maximum Gasteiger partial charge on any atom is 0.175 e. The summed E-state index contributed by atoms with van der Waals surface area (Å²) in [5.41, 5.74) is 2.34. The van der Waals surface area contributed by atoms with Crippen molar-refractivity contribution in [3.8, 4) is 22.9 Å². The van der Waals surface area contributed by atoms with Crippen LogP contribution < -0.4 is 4.74 Å². The fraction of sp³-hybridized carbons (Fsp3) is 0.263. The number of carbonyl (C=O) groups excluding carboxylic acids is 1. The molecule has 0 radical (unpaired) electrons. The normalized spacial score (nSPS) is 10.8. The smallest absolute Gasteiger partial charge is 0.175 e. The van der Waals surface area contributed by atoms with Crippen LogP contribution in [-0.2, 0) is 4.79 Å². The molecule has 0 aliphatic carbocycles. The molecule has 0 aromatic heterocycles. The molecular formula is C19H19NO2. The fourth-order valence-corrected chi connectivity index (χ4v) is 1.85. The second kappa shape index (κ2) is 6.44. The molecule has 0 aliphatic heterocycles. The molecule has 0 unspecified atom stereocenters. The third-order valence-electron chi connectivity index (χ3n) is 3.41. The highest BCUT2D eigenvalue weighted by molar-refractivity contribution is 5.85. The lowest BCUT2D eigenvalue weighted by Gasteiger charge is -2.16. The highest BCUT2D eigenvalue weighted by atomic mass is 16.5. The summed E-state index contributed by atoms with van der Waals surface area (Å²) in [7, 11) is 0. The predicted molar refractivity (Wildman–Crippen MR) is 86.6 cm³/mol. The number of nitriles is 1. The number of nitrogens with zero attached hydrogens (tertiary/aromatic N) is 1. The second-order valence-electron chi connectivity index (χ2n) is 6.18. The van der Waals surface area contributed by atoms with E-state index < -0.39 is 0 Å². The van der Waals surface area contributed by atoms with Gasteiger partial charge in [-0.2, -0.15) is 5.26 Å². The molecule has 3 nitrogen and oxygen atoms in total. The molecule has 0 N–H and O–H groups in total. The van der Waals surface area contributed by atoms with Crippen molar-refractivity contribution in [2.24, 2.45) is 5.41 Å². The molecule has 0 spiro atoms. The zero-order valence-electron chi connectivity index (χ0n) is 13.1. The van der Waals surface area contributed by atoms with E-state index in [9.17, 15) is 4.79 Å². The lowest BCUT2D eigenvalue weighted by Crippen LogP contribution is -2.26. The van der Waals surface area contributed by atoms with Gasteiger partial charge in [0.15, 0.2) is 5.78 Å². The number of Topliss-reactive ketones (excluding diaryl/α,β-unsaturated/α-hetero) is 1. The summed E-state index contributed by atoms with van der Waals surface area (Å²) >= 11 is 0. The molecule has 22 heavy (non-hydrogen) atoms. The molecule has 0 amide bonds. The maximum absolute atomic E-state index is 11.8. The molecule has 2 rings (SSSR count). The number of ether oxygens (including phenoxy) is 1. The Hall–Kier alpha value is -2.60. The molecule has 0 fully saturated rings. The Kier molecular flexibility index (Phi) is 4.62. The van der Waals surface area contributed by atoms with Gasteiger partial charge in [-0.3, -0.25) is 4.79 Å². The summed E-state index contributed by atoms with van der Waals surface area (Å²) in [4.78, 5) is 11.8. The molecule has 0 heterocycles. The van der Waals surface area contributed by atoms with Gasteiger partial charge in [-0.1, -0.05) is 45.0 Å². The van der Waals surface area contributed by atoms with Crippen LogP contribution in [0.2, 0.25) is 0 Å². The van der Waals surface area contributed by atoms with Crippen LogP contribution >= 0.6 is 0 Å². The Morgan fingerprint density at radius 1 is 1.00 bits per heavy atom. The zero-order valence-corrected chi connectivity index (χ0v) is 13.1. The van der Waals surface area contributed by atoms with Gasteiger partial charge in [0.25, 0.3) is 0 Å². The largest absolute Gasteiger partial charge is 0.486 e. The van der Waals surface area contributed by atoms with Crippen molar-refractivity contribution < 1.29 is 9.53 Å². The first-order chi connectivity index (χ1) is 10.4. The number of hydrogen-bond acceptors (Lipinski definition) is 3.